The summed E-state index contributed by atoms with van der Waals surface area (Å²) in [5.41, 5.74) is 2.06. The van der Waals surface area contributed by atoms with E-state index in [0.29, 0.717) is 6.42 Å². The molecule has 0 fully saturated rings. The van der Waals surface area contributed by atoms with Crippen molar-refractivity contribution in [1.29, 1.82) is 0 Å². The summed E-state index contributed by atoms with van der Waals surface area (Å²) < 4.78 is 3.95. The van der Waals surface area contributed by atoms with Crippen LogP contribution in [0.2, 0.25) is 0 Å². The molecule has 0 aliphatic carbocycles. The van der Waals surface area contributed by atoms with Crippen LogP contribution in [0.4, 0.5) is 0 Å². The average molecular weight is 284 g/mol. The highest BCUT2D eigenvalue weighted by atomic mass is 32.1. The maximum absolute atomic E-state index is 10.5. The van der Waals surface area contributed by atoms with Crippen LogP contribution in [0.25, 0.3) is 10.8 Å². The quantitative estimate of drug-likeness (QED) is 0.797. The Morgan fingerprint density at radius 2 is 1.95 bits per heavy atom. The standard InChI is InChI=1S/C16H16N2OS/c1-2-14-16(20-18-17-14)15(19)10-12-8-5-7-11-6-3-4-9-13(11)12/h3-9,15,19H,2,10H2,1H3. The van der Waals surface area contributed by atoms with Crippen LogP contribution in [0.15, 0.2) is 42.5 Å². The van der Waals surface area contributed by atoms with Crippen molar-refractivity contribution in [2.75, 3.05) is 0 Å². The van der Waals surface area contributed by atoms with Gasteiger partial charge in [-0.3, -0.25) is 0 Å². The van der Waals surface area contributed by atoms with Crippen molar-refractivity contribution in [3.8, 4) is 0 Å². The molecule has 1 heterocycles. The van der Waals surface area contributed by atoms with E-state index in [2.05, 4.69) is 33.9 Å². The van der Waals surface area contributed by atoms with Crippen LogP contribution < -0.4 is 0 Å². The molecule has 0 spiro atoms. The minimum atomic E-state index is -0.532. The fourth-order valence-corrected chi connectivity index (χ4v) is 3.21. The summed E-state index contributed by atoms with van der Waals surface area (Å²) in [6.07, 6.45) is 0.868. The first-order valence-corrected chi connectivity index (χ1v) is 7.52. The first kappa shape index (κ1) is 13.2. The van der Waals surface area contributed by atoms with Gasteiger partial charge in [-0.1, -0.05) is 53.9 Å². The summed E-state index contributed by atoms with van der Waals surface area (Å²) in [7, 11) is 0. The molecule has 4 heteroatoms. The highest BCUT2D eigenvalue weighted by molar-refractivity contribution is 7.05. The summed E-state index contributed by atoms with van der Waals surface area (Å²) >= 11 is 1.30. The highest BCUT2D eigenvalue weighted by Crippen LogP contribution is 2.27. The van der Waals surface area contributed by atoms with Gasteiger partial charge in [0, 0.05) is 6.42 Å². The van der Waals surface area contributed by atoms with E-state index in [1.165, 1.54) is 22.3 Å². The van der Waals surface area contributed by atoms with Gasteiger partial charge in [0.2, 0.25) is 0 Å². The van der Waals surface area contributed by atoms with E-state index >= 15 is 0 Å². The van der Waals surface area contributed by atoms with Crippen LogP contribution in [0.1, 0.15) is 29.2 Å². The Kier molecular flexibility index (Phi) is 3.76. The molecule has 2 aromatic carbocycles. The number of aromatic nitrogens is 2. The molecule has 1 unspecified atom stereocenters. The molecule has 0 saturated carbocycles. The van der Waals surface area contributed by atoms with E-state index in [0.717, 1.165) is 22.6 Å². The van der Waals surface area contributed by atoms with Gasteiger partial charge in [-0.2, -0.15) is 0 Å². The molecule has 0 bridgehead atoms. The lowest BCUT2D eigenvalue weighted by molar-refractivity contribution is 0.181. The Morgan fingerprint density at radius 3 is 2.80 bits per heavy atom. The number of benzene rings is 2. The maximum Gasteiger partial charge on any atom is 0.0957 e. The molecule has 0 aliphatic rings. The number of aryl methyl sites for hydroxylation is 1. The summed E-state index contributed by atoms with van der Waals surface area (Å²) in [4.78, 5) is 0.889. The van der Waals surface area contributed by atoms with Crippen molar-refractivity contribution in [2.45, 2.75) is 25.9 Å². The Labute approximate surface area is 122 Å². The monoisotopic (exact) mass is 284 g/mol. The highest BCUT2D eigenvalue weighted by Gasteiger charge is 2.17. The van der Waals surface area contributed by atoms with Crippen LogP contribution in [-0.2, 0) is 12.8 Å². The molecule has 1 aromatic heterocycles. The molecule has 0 amide bonds. The molecular formula is C16H16N2OS. The third-order valence-electron chi connectivity index (χ3n) is 3.52. The van der Waals surface area contributed by atoms with Crippen molar-refractivity contribution in [3.05, 3.63) is 58.6 Å². The lowest BCUT2D eigenvalue weighted by Gasteiger charge is -2.11. The van der Waals surface area contributed by atoms with E-state index in [1.807, 2.05) is 25.1 Å². The van der Waals surface area contributed by atoms with Crippen LogP contribution in [0, 0.1) is 0 Å². The molecule has 3 nitrogen and oxygen atoms in total. The van der Waals surface area contributed by atoms with Crippen molar-refractivity contribution in [3.63, 3.8) is 0 Å². The van der Waals surface area contributed by atoms with Gasteiger partial charge in [-0.15, -0.1) is 5.10 Å². The molecule has 1 atom stereocenters. The van der Waals surface area contributed by atoms with E-state index in [1.54, 1.807) is 0 Å². The smallest absolute Gasteiger partial charge is 0.0957 e. The zero-order chi connectivity index (χ0) is 13.9. The van der Waals surface area contributed by atoms with Gasteiger partial charge in [-0.25, -0.2) is 0 Å². The van der Waals surface area contributed by atoms with Crippen LogP contribution in [0.5, 0.6) is 0 Å². The van der Waals surface area contributed by atoms with Crippen molar-refractivity contribution in [1.82, 2.24) is 9.59 Å². The maximum atomic E-state index is 10.5. The first-order valence-electron chi connectivity index (χ1n) is 6.75. The second-order valence-corrected chi connectivity index (χ2v) is 5.58. The SMILES string of the molecule is CCc1nnsc1C(O)Cc1cccc2ccccc12. The third kappa shape index (κ3) is 2.44. The van der Waals surface area contributed by atoms with Gasteiger partial charge in [0.15, 0.2) is 0 Å². The van der Waals surface area contributed by atoms with Crippen molar-refractivity contribution >= 4 is 22.3 Å². The van der Waals surface area contributed by atoms with Gasteiger partial charge in [0.25, 0.3) is 0 Å². The van der Waals surface area contributed by atoms with E-state index in [9.17, 15) is 5.11 Å². The Morgan fingerprint density at radius 1 is 1.15 bits per heavy atom. The lowest BCUT2D eigenvalue weighted by atomic mass is 9.99. The van der Waals surface area contributed by atoms with E-state index < -0.39 is 6.10 Å². The van der Waals surface area contributed by atoms with Crippen molar-refractivity contribution in [2.24, 2.45) is 0 Å². The minimum absolute atomic E-state index is 0.532. The number of fused-ring (bicyclic) bond motifs is 1. The molecule has 0 radical (unpaired) electrons. The number of rotatable bonds is 4. The fourth-order valence-electron chi connectivity index (χ4n) is 2.49. The number of aliphatic hydroxyl groups is 1. The van der Waals surface area contributed by atoms with E-state index in [4.69, 9.17) is 0 Å². The van der Waals surface area contributed by atoms with Gasteiger partial charge in [0.05, 0.1) is 16.7 Å². The van der Waals surface area contributed by atoms with Crippen LogP contribution in [-0.4, -0.2) is 14.7 Å². The largest absolute Gasteiger partial charge is 0.387 e. The van der Waals surface area contributed by atoms with Gasteiger partial charge in [0.1, 0.15) is 0 Å². The predicted molar refractivity (Wildman–Crippen MR) is 81.9 cm³/mol. The minimum Gasteiger partial charge on any atom is -0.387 e. The Balaban J connectivity index is 1.93. The molecule has 102 valence electrons. The Hall–Kier alpha value is -1.78. The van der Waals surface area contributed by atoms with Gasteiger partial charge < -0.3 is 5.11 Å². The van der Waals surface area contributed by atoms with Crippen LogP contribution in [0.3, 0.4) is 0 Å². The third-order valence-corrected chi connectivity index (χ3v) is 4.38. The Bertz CT molecular complexity index is 718. The average Bonchev–Trinajstić information content (AvgIpc) is 2.96. The first-order chi connectivity index (χ1) is 9.79. The van der Waals surface area contributed by atoms with Gasteiger partial charge in [-0.05, 0) is 34.3 Å². The zero-order valence-electron chi connectivity index (χ0n) is 11.3. The van der Waals surface area contributed by atoms with Gasteiger partial charge >= 0.3 is 0 Å². The van der Waals surface area contributed by atoms with E-state index in [-0.39, 0.29) is 0 Å². The molecule has 3 rings (SSSR count). The number of hydrogen-bond donors (Lipinski definition) is 1. The second-order valence-electron chi connectivity index (χ2n) is 4.80. The molecule has 3 aromatic rings. The second kappa shape index (κ2) is 5.69. The lowest BCUT2D eigenvalue weighted by Crippen LogP contribution is -2.03. The number of hydrogen-bond acceptors (Lipinski definition) is 4. The molecule has 0 saturated heterocycles. The number of nitrogens with zero attached hydrogens (tertiary/aromatic N) is 2. The number of aliphatic hydroxyl groups excluding tert-OH is 1. The summed E-state index contributed by atoms with van der Waals surface area (Å²) in [5.74, 6) is 0. The molecular weight excluding hydrogens is 268 g/mol. The summed E-state index contributed by atoms with van der Waals surface area (Å²) in [6.45, 7) is 2.03. The zero-order valence-corrected chi connectivity index (χ0v) is 12.1. The molecule has 0 aliphatic heterocycles. The summed E-state index contributed by atoms with van der Waals surface area (Å²) in [5, 5.41) is 16.9. The van der Waals surface area contributed by atoms with Crippen LogP contribution >= 0.6 is 11.5 Å². The molecule has 1 N–H and O–H groups in total. The van der Waals surface area contributed by atoms with Crippen molar-refractivity contribution < 1.29 is 5.11 Å². The predicted octanol–water partition coefficient (Wildman–Crippen LogP) is 3.53. The molecule has 20 heavy (non-hydrogen) atoms. The fraction of sp³-hybridized carbons (Fsp3) is 0.250. The topological polar surface area (TPSA) is 46.0 Å². The summed E-state index contributed by atoms with van der Waals surface area (Å²) in [6, 6.07) is 14.5. The normalized spacial score (nSPS) is 12.7.